The lowest BCUT2D eigenvalue weighted by Gasteiger charge is -2.27. The fraction of sp³-hybridized carbons (Fsp3) is 0.296. The molecule has 0 fully saturated rings. The van der Waals surface area contributed by atoms with E-state index in [9.17, 15) is 22.4 Å². The summed E-state index contributed by atoms with van der Waals surface area (Å²) >= 11 is 0. The number of benzene rings is 1. The van der Waals surface area contributed by atoms with Crippen molar-refractivity contribution < 1.29 is 22.0 Å². The number of fused-ring (bicyclic) bond motifs is 3. The van der Waals surface area contributed by atoms with Gasteiger partial charge in [-0.1, -0.05) is 0 Å². The van der Waals surface area contributed by atoms with Crippen molar-refractivity contribution in [1.82, 2.24) is 19.4 Å². The summed E-state index contributed by atoms with van der Waals surface area (Å²) in [6.45, 7) is 0.656. The third-order valence-electron chi connectivity index (χ3n) is 7.65. The van der Waals surface area contributed by atoms with Gasteiger partial charge in [-0.15, -0.1) is 0 Å². The molecule has 3 aromatic heterocycles. The Balaban J connectivity index is 1.73. The number of nitrogens with two attached hydrogens (primary N) is 1. The highest BCUT2D eigenvalue weighted by molar-refractivity contribution is 7.90. The lowest BCUT2D eigenvalue weighted by Crippen LogP contribution is -2.35. The molecular weight excluding hydrogens is 542 g/mol. The van der Waals surface area contributed by atoms with Gasteiger partial charge in [-0.2, -0.15) is 0 Å². The van der Waals surface area contributed by atoms with Gasteiger partial charge in [0, 0.05) is 73.5 Å². The van der Waals surface area contributed by atoms with E-state index in [0.29, 0.717) is 38.8 Å². The minimum absolute atomic E-state index is 0.0394. The summed E-state index contributed by atoms with van der Waals surface area (Å²) < 4.78 is 56.5. The lowest BCUT2D eigenvalue weighted by atomic mass is 9.93. The zero-order chi connectivity index (χ0) is 28.5. The first-order valence-corrected chi connectivity index (χ1v) is 14.6. The number of sulfone groups is 1. The Kier molecular flexibility index (Phi) is 6.04. The molecule has 40 heavy (non-hydrogen) atoms. The zero-order valence-corrected chi connectivity index (χ0v) is 22.6. The molecule has 4 aromatic rings. The quantitative estimate of drug-likeness (QED) is 0.387. The van der Waals surface area contributed by atoms with E-state index in [1.807, 2.05) is 0 Å². The molecule has 0 saturated carbocycles. The van der Waals surface area contributed by atoms with Crippen molar-refractivity contribution >= 4 is 38.2 Å². The Morgan fingerprint density at radius 1 is 1.15 bits per heavy atom. The third-order valence-corrected chi connectivity index (χ3v) is 9.17. The maximum absolute atomic E-state index is 15.2. The number of aromatic nitrogens is 3. The van der Waals surface area contributed by atoms with E-state index in [2.05, 4.69) is 9.97 Å². The summed E-state index contributed by atoms with van der Waals surface area (Å²) in [5.41, 5.74) is 8.36. The van der Waals surface area contributed by atoms with Crippen LogP contribution in [-0.4, -0.2) is 59.6 Å². The van der Waals surface area contributed by atoms with Gasteiger partial charge in [0.05, 0.1) is 23.7 Å². The molecular formula is C27H26F2N6O4S. The Hall–Kier alpha value is -4.10. The van der Waals surface area contributed by atoms with E-state index in [0.717, 1.165) is 18.5 Å². The minimum atomic E-state index is -3.65. The number of hydrogen-bond acceptors (Lipinski definition) is 7. The number of hydrogen-bond donors (Lipinski definition) is 2. The van der Waals surface area contributed by atoms with Crippen LogP contribution in [0.4, 0.5) is 20.3 Å². The number of pyridine rings is 2. The van der Waals surface area contributed by atoms with E-state index < -0.39 is 32.6 Å². The van der Waals surface area contributed by atoms with Crippen molar-refractivity contribution in [3.8, 4) is 11.1 Å². The highest BCUT2D eigenvalue weighted by atomic mass is 32.2. The second kappa shape index (κ2) is 9.24. The molecule has 6 rings (SSSR count). The van der Waals surface area contributed by atoms with Crippen molar-refractivity contribution in [2.45, 2.75) is 18.2 Å². The molecule has 1 aromatic carbocycles. The van der Waals surface area contributed by atoms with Crippen LogP contribution in [-0.2, 0) is 23.4 Å². The first-order chi connectivity index (χ1) is 19.0. The Morgan fingerprint density at radius 2 is 1.93 bits per heavy atom. The van der Waals surface area contributed by atoms with Crippen LogP contribution in [0.25, 0.3) is 22.0 Å². The summed E-state index contributed by atoms with van der Waals surface area (Å²) in [6, 6.07) is 3.92. The summed E-state index contributed by atoms with van der Waals surface area (Å²) in [5, 5.41) is -0.388. The summed E-state index contributed by atoms with van der Waals surface area (Å²) in [5.74, 6) is -2.34. The van der Waals surface area contributed by atoms with Crippen molar-refractivity contribution in [2.24, 2.45) is 12.8 Å². The first kappa shape index (κ1) is 26.1. The van der Waals surface area contributed by atoms with Gasteiger partial charge in [0.1, 0.15) is 11.3 Å². The van der Waals surface area contributed by atoms with Crippen LogP contribution >= 0.6 is 0 Å². The average molecular weight is 569 g/mol. The SMILES string of the molecule is Cn1cc2c3c(c[nH]c3c1=O)CN(c1ncc(F)cc1F)c1cc3c(cc1-2)[C@@H](S(C)(=O)=O)CCN(CCN)C3=O. The molecule has 0 saturated heterocycles. The van der Waals surface area contributed by atoms with E-state index in [4.69, 9.17) is 5.73 Å². The summed E-state index contributed by atoms with van der Waals surface area (Å²) in [6.07, 6.45) is 5.49. The normalized spacial score (nSPS) is 17.0. The van der Waals surface area contributed by atoms with Gasteiger partial charge in [-0.05, 0) is 29.7 Å². The smallest absolute Gasteiger partial charge is 0.274 e. The maximum atomic E-state index is 15.2. The van der Waals surface area contributed by atoms with Crippen LogP contribution in [0, 0.1) is 11.6 Å². The number of aromatic amines is 1. The average Bonchev–Trinajstić information content (AvgIpc) is 3.20. The van der Waals surface area contributed by atoms with Crippen LogP contribution in [0.15, 0.2) is 41.6 Å². The molecule has 208 valence electrons. The minimum Gasteiger partial charge on any atom is -0.356 e. The van der Waals surface area contributed by atoms with Gasteiger partial charge in [0.2, 0.25) is 0 Å². The predicted molar refractivity (Wildman–Crippen MR) is 146 cm³/mol. The molecule has 10 nitrogen and oxygen atoms in total. The predicted octanol–water partition coefficient (Wildman–Crippen LogP) is 2.75. The number of aryl methyl sites for hydroxylation is 1. The van der Waals surface area contributed by atoms with Crippen LogP contribution in [0.1, 0.15) is 33.2 Å². The summed E-state index contributed by atoms with van der Waals surface area (Å²) in [4.78, 5) is 36.8. The molecule has 0 spiro atoms. The van der Waals surface area contributed by atoms with E-state index >= 15 is 4.39 Å². The molecule has 2 aliphatic rings. The van der Waals surface area contributed by atoms with Gasteiger partial charge < -0.3 is 25.1 Å². The van der Waals surface area contributed by atoms with Crippen molar-refractivity contribution in [3.63, 3.8) is 0 Å². The number of rotatable bonds is 4. The Labute approximate surface area is 227 Å². The second-order valence-corrected chi connectivity index (χ2v) is 12.4. The molecule has 2 aliphatic heterocycles. The largest absolute Gasteiger partial charge is 0.356 e. The van der Waals surface area contributed by atoms with E-state index in [1.165, 1.54) is 14.4 Å². The van der Waals surface area contributed by atoms with Crippen molar-refractivity contribution in [2.75, 3.05) is 30.8 Å². The molecule has 0 radical (unpaired) electrons. The standard InChI is InChI=1S/C27H26F2N6O4S/c1-33-13-19-16-8-17-18(26(36)34(6-4-30)5-3-22(17)40(2,38)39)9-21(16)35(25-20(29)7-15(28)11-32-25)12-14-10-31-24(23(14)19)27(33)37/h7-11,13,22,31H,3-6,12,30H2,1-2H3/t22-/m0/s1. The first-order valence-electron chi connectivity index (χ1n) is 12.6. The maximum Gasteiger partial charge on any atom is 0.274 e. The van der Waals surface area contributed by atoms with E-state index in [1.54, 1.807) is 31.6 Å². The van der Waals surface area contributed by atoms with Crippen molar-refractivity contribution in [1.29, 1.82) is 0 Å². The number of anilines is 2. The Morgan fingerprint density at radius 3 is 2.62 bits per heavy atom. The molecule has 5 heterocycles. The highest BCUT2D eigenvalue weighted by Crippen LogP contribution is 2.47. The van der Waals surface area contributed by atoms with Crippen LogP contribution < -0.4 is 16.2 Å². The number of halogens is 2. The number of carbonyl (C=O) groups is 1. The van der Waals surface area contributed by atoms with Gasteiger partial charge in [-0.25, -0.2) is 22.2 Å². The van der Waals surface area contributed by atoms with Crippen LogP contribution in [0.3, 0.4) is 0 Å². The highest BCUT2D eigenvalue weighted by Gasteiger charge is 2.37. The molecule has 13 heteroatoms. The second-order valence-electron chi connectivity index (χ2n) is 10.2. The molecule has 1 atom stereocenters. The zero-order valence-electron chi connectivity index (χ0n) is 21.7. The number of H-pyrrole nitrogens is 1. The fourth-order valence-corrected chi connectivity index (χ4v) is 7.01. The third kappa shape index (κ3) is 3.99. The van der Waals surface area contributed by atoms with Gasteiger partial charge >= 0.3 is 0 Å². The fourth-order valence-electron chi connectivity index (χ4n) is 5.82. The van der Waals surface area contributed by atoms with Gasteiger partial charge in [0.15, 0.2) is 21.5 Å². The molecule has 0 aliphatic carbocycles. The number of amides is 1. The summed E-state index contributed by atoms with van der Waals surface area (Å²) in [7, 11) is -2.06. The topological polar surface area (TPSA) is 134 Å². The van der Waals surface area contributed by atoms with Gasteiger partial charge in [-0.3, -0.25) is 9.59 Å². The van der Waals surface area contributed by atoms with Crippen LogP contribution in [0.5, 0.6) is 0 Å². The number of nitrogens with one attached hydrogen (secondary N) is 1. The lowest BCUT2D eigenvalue weighted by molar-refractivity contribution is 0.0765. The number of nitrogens with zero attached hydrogens (tertiary/aromatic N) is 4. The number of carbonyl (C=O) groups excluding carboxylic acids is 1. The Bertz CT molecular complexity index is 1880. The monoisotopic (exact) mass is 568 g/mol. The molecule has 0 unspecified atom stereocenters. The van der Waals surface area contributed by atoms with Crippen LogP contribution in [0.2, 0.25) is 0 Å². The molecule has 3 N–H and O–H groups in total. The molecule has 0 bridgehead atoms. The van der Waals surface area contributed by atoms with E-state index in [-0.39, 0.29) is 49.5 Å². The van der Waals surface area contributed by atoms with Crippen molar-refractivity contribution in [3.05, 3.63) is 75.5 Å². The van der Waals surface area contributed by atoms with Gasteiger partial charge in [0.25, 0.3) is 11.5 Å². The molecule has 1 amide bonds.